The smallest absolute Gasteiger partial charge is 0.335 e. The van der Waals surface area contributed by atoms with Gasteiger partial charge >= 0.3 is 5.97 Å². The van der Waals surface area contributed by atoms with Gasteiger partial charge in [-0.05, 0) is 24.1 Å². The molecule has 2 N–H and O–H groups in total. The number of hydrogen-bond donors (Lipinski definition) is 2. The number of nitrogens with one attached hydrogen (secondary N) is 1. The summed E-state index contributed by atoms with van der Waals surface area (Å²) in [6.45, 7) is 4.37. The fraction of sp³-hybridized carbons (Fsp3) is 0.429. The number of hydrogen-bond acceptors (Lipinski definition) is 3. The van der Waals surface area contributed by atoms with Crippen molar-refractivity contribution >= 4 is 27.8 Å². The second-order valence-electron chi connectivity index (χ2n) is 4.81. The number of benzene rings is 1. The Kier molecular flexibility index (Phi) is 6.16. The van der Waals surface area contributed by atoms with Gasteiger partial charge < -0.3 is 15.2 Å². The van der Waals surface area contributed by atoms with E-state index in [-0.39, 0.29) is 23.4 Å². The van der Waals surface area contributed by atoms with E-state index in [9.17, 15) is 9.59 Å². The van der Waals surface area contributed by atoms with Gasteiger partial charge in [0.2, 0.25) is 0 Å². The molecule has 20 heavy (non-hydrogen) atoms. The van der Waals surface area contributed by atoms with Gasteiger partial charge in [0.15, 0.2) is 0 Å². The molecule has 0 aromatic heterocycles. The lowest BCUT2D eigenvalue weighted by molar-refractivity contribution is 0.0697. The maximum Gasteiger partial charge on any atom is 0.335 e. The molecule has 110 valence electrons. The summed E-state index contributed by atoms with van der Waals surface area (Å²) in [5.41, 5.74) is 0.371. The monoisotopic (exact) mass is 343 g/mol. The number of carbonyl (C=O) groups is 2. The fourth-order valence-electron chi connectivity index (χ4n) is 1.68. The Hall–Kier alpha value is -1.40. The molecule has 0 radical (unpaired) electrons. The van der Waals surface area contributed by atoms with Crippen molar-refractivity contribution in [3.63, 3.8) is 0 Å². The first-order chi connectivity index (χ1) is 9.35. The van der Waals surface area contributed by atoms with Gasteiger partial charge in [-0.1, -0.05) is 29.8 Å². The number of halogens is 1. The van der Waals surface area contributed by atoms with Crippen molar-refractivity contribution in [2.45, 2.75) is 19.9 Å². The summed E-state index contributed by atoms with van der Waals surface area (Å²) in [6.07, 6.45) is 0. The Morgan fingerprint density at radius 2 is 1.90 bits per heavy atom. The molecule has 1 aromatic carbocycles. The zero-order valence-corrected chi connectivity index (χ0v) is 13.2. The van der Waals surface area contributed by atoms with Gasteiger partial charge in [-0.25, -0.2) is 4.79 Å². The largest absolute Gasteiger partial charge is 0.478 e. The first-order valence-electron chi connectivity index (χ1n) is 6.18. The van der Waals surface area contributed by atoms with Gasteiger partial charge in [0, 0.05) is 17.1 Å². The van der Waals surface area contributed by atoms with E-state index in [2.05, 4.69) is 21.2 Å². The maximum absolute atomic E-state index is 12.2. The molecule has 0 fully saturated rings. The van der Waals surface area contributed by atoms with Crippen molar-refractivity contribution in [3.05, 3.63) is 33.8 Å². The van der Waals surface area contributed by atoms with Gasteiger partial charge in [0.05, 0.1) is 18.2 Å². The average Bonchev–Trinajstić information content (AvgIpc) is 2.37. The van der Waals surface area contributed by atoms with E-state index in [0.29, 0.717) is 16.6 Å². The number of methoxy groups -OCH3 is 1. The van der Waals surface area contributed by atoms with Crippen molar-refractivity contribution in [1.29, 1.82) is 0 Å². The second-order valence-corrected chi connectivity index (χ2v) is 5.73. The maximum atomic E-state index is 12.2. The quantitative estimate of drug-likeness (QED) is 0.832. The molecule has 0 spiro atoms. The topological polar surface area (TPSA) is 75.6 Å². The molecule has 0 heterocycles. The van der Waals surface area contributed by atoms with Crippen molar-refractivity contribution in [1.82, 2.24) is 5.32 Å². The van der Waals surface area contributed by atoms with E-state index < -0.39 is 5.97 Å². The van der Waals surface area contributed by atoms with Crippen molar-refractivity contribution in [2.24, 2.45) is 5.92 Å². The molecule has 1 aromatic rings. The van der Waals surface area contributed by atoms with Crippen molar-refractivity contribution < 1.29 is 19.4 Å². The first-order valence-corrected chi connectivity index (χ1v) is 6.98. The van der Waals surface area contributed by atoms with E-state index in [1.54, 1.807) is 13.2 Å². The van der Waals surface area contributed by atoms with Crippen LogP contribution in [0.3, 0.4) is 0 Å². The molecule has 0 aliphatic rings. The van der Waals surface area contributed by atoms with Crippen LogP contribution in [0.2, 0.25) is 0 Å². The number of rotatable bonds is 6. The van der Waals surface area contributed by atoms with Crippen LogP contribution in [-0.2, 0) is 4.74 Å². The van der Waals surface area contributed by atoms with Crippen LogP contribution < -0.4 is 5.32 Å². The van der Waals surface area contributed by atoms with Gasteiger partial charge in [0.1, 0.15) is 0 Å². The highest BCUT2D eigenvalue weighted by Crippen LogP contribution is 2.16. The highest BCUT2D eigenvalue weighted by molar-refractivity contribution is 9.10. The Balaban J connectivity index is 2.94. The predicted molar refractivity (Wildman–Crippen MR) is 79.1 cm³/mol. The van der Waals surface area contributed by atoms with Crippen LogP contribution in [0.25, 0.3) is 0 Å². The third-order valence-electron chi connectivity index (χ3n) is 2.87. The molecular weight excluding hydrogens is 326 g/mol. The molecule has 6 heteroatoms. The van der Waals surface area contributed by atoms with E-state index in [1.165, 1.54) is 12.1 Å². The van der Waals surface area contributed by atoms with Gasteiger partial charge in [-0.3, -0.25) is 4.79 Å². The lowest BCUT2D eigenvalue weighted by atomic mass is 10.0. The molecule has 0 saturated heterocycles. The lowest BCUT2D eigenvalue weighted by Crippen LogP contribution is -2.41. The number of carboxylic acids is 1. The van der Waals surface area contributed by atoms with Crippen LogP contribution in [0.15, 0.2) is 22.7 Å². The first kappa shape index (κ1) is 16.7. The molecule has 0 saturated carbocycles. The third-order valence-corrected chi connectivity index (χ3v) is 3.33. The third kappa shape index (κ3) is 4.61. The Labute approximate surface area is 126 Å². The summed E-state index contributed by atoms with van der Waals surface area (Å²) in [6, 6.07) is 4.27. The lowest BCUT2D eigenvalue weighted by Gasteiger charge is -2.21. The fourth-order valence-corrected chi connectivity index (χ4v) is 2.17. The molecule has 5 nitrogen and oxygen atoms in total. The van der Waals surface area contributed by atoms with Crippen LogP contribution in [0.4, 0.5) is 0 Å². The molecule has 1 unspecified atom stereocenters. The highest BCUT2D eigenvalue weighted by Gasteiger charge is 2.18. The summed E-state index contributed by atoms with van der Waals surface area (Å²) in [4.78, 5) is 23.2. The van der Waals surface area contributed by atoms with Crippen LogP contribution in [0.5, 0.6) is 0 Å². The van der Waals surface area contributed by atoms with E-state index in [1.807, 2.05) is 13.8 Å². The molecule has 0 bridgehead atoms. The summed E-state index contributed by atoms with van der Waals surface area (Å²) in [5, 5.41) is 11.8. The predicted octanol–water partition coefficient (Wildman–Crippen LogP) is 2.55. The summed E-state index contributed by atoms with van der Waals surface area (Å²) in [7, 11) is 1.57. The van der Waals surface area contributed by atoms with Gasteiger partial charge in [-0.15, -0.1) is 0 Å². The number of ether oxygens (including phenoxy) is 1. The molecule has 1 rings (SSSR count). The van der Waals surface area contributed by atoms with Crippen LogP contribution in [0.1, 0.15) is 34.6 Å². The standard InChI is InChI=1S/C14H18BrNO4/c1-8(2)12(7-20-3)16-13(17)9-4-10(14(18)19)6-11(15)5-9/h4-6,8,12H,7H2,1-3H3,(H,16,17)(H,18,19). The number of aromatic carboxylic acids is 1. The molecule has 0 aliphatic carbocycles. The number of carbonyl (C=O) groups excluding carboxylic acids is 1. The van der Waals surface area contributed by atoms with E-state index in [0.717, 1.165) is 0 Å². The second kappa shape index (κ2) is 7.40. The molecule has 1 amide bonds. The van der Waals surface area contributed by atoms with Gasteiger partial charge in [0.25, 0.3) is 5.91 Å². The minimum atomic E-state index is -1.07. The Morgan fingerprint density at radius 1 is 1.30 bits per heavy atom. The number of carboxylic acid groups (broad SMARTS) is 1. The number of amides is 1. The summed E-state index contributed by atoms with van der Waals surface area (Å²) >= 11 is 3.21. The van der Waals surface area contributed by atoms with Crippen LogP contribution in [-0.4, -0.2) is 36.7 Å². The van der Waals surface area contributed by atoms with Crippen molar-refractivity contribution in [3.8, 4) is 0 Å². The summed E-state index contributed by atoms with van der Waals surface area (Å²) < 4.78 is 5.62. The Morgan fingerprint density at radius 3 is 2.40 bits per heavy atom. The van der Waals surface area contributed by atoms with Crippen molar-refractivity contribution in [2.75, 3.05) is 13.7 Å². The van der Waals surface area contributed by atoms with Crippen LogP contribution in [0, 0.1) is 5.92 Å². The zero-order chi connectivity index (χ0) is 15.3. The minimum absolute atomic E-state index is 0.0670. The van der Waals surface area contributed by atoms with Crippen LogP contribution >= 0.6 is 15.9 Å². The normalized spacial score (nSPS) is 12.2. The molecular formula is C14H18BrNO4. The zero-order valence-electron chi connectivity index (χ0n) is 11.6. The SMILES string of the molecule is COCC(NC(=O)c1cc(Br)cc(C(=O)O)c1)C(C)C. The molecule has 1 atom stereocenters. The summed E-state index contributed by atoms with van der Waals surface area (Å²) in [5.74, 6) is -1.17. The average molecular weight is 344 g/mol. The van der Waals surface area contributed by atoms with E-state index in [4.69, 9.17) is 9.84 Å². The van der Waals surface area contributed by atoms with Gasteiger partial charge in [-0.2, -0.15) is 0 Å². The molecule has 0 aliphatic heterocycles. The minimum Gasteiger partial charge on any atom is -0.478 e. The highest BCUT2D eigenvalue weighted by atomic mass is 79.9. The Bertz CT molecular complexity index is 502. The van der Waals surface area contributed by atoms with E-state index >= 15 is 0 Å².